The van der Waals surface area contributed by atoms with Crippen LogP contribution >= 0.6 is 0 Å². The van der Waals surface area contributed by atoms with Gasteiger partial charge in [0.1, 0.15) is 5.75 Å². The van der Waals surface area contributed by atoms with Crippen LogP contribution in [0.2, 0.25) is 0 Å². The van der Waals surface area contributed by atoms with E-state index in [2.05, 4.69) is 78.8 Å². The lowest BCUT2D eigenvalue weighted by Crippen LogP contribution is -2.19. The highest BCUT2D eigenvalue weighted by Crippen LogP contribution is 2.45. The summed E-state index contributed by atoms with van der Waals surface area (Å²) in [7, 11) is 0. The van der Waals surface area contributed by atoms with E-state index in [9.17, 15) is 5.11 Å². The van der Waals surface area contributed by atoms with E-state index in [0.717, 1.165) is 11.1 Å². The second-order valence-electron chi connectivity index (χ2n) is 8.21. The molecule has 0 unspecified atom stereocenters. The molecule has 0 aliphatic rings. The Labute approximate surface area is 135 Å². The summed E-state index contributed by atoms with van der Waals surface area (Å²) in [4.78, 5) is 0. The Kier molecular flexibility index (Phi) is 4.12. The second kappa shape index (κ2) is 5.46. The van der Waals surface area contributed by atoms with E-state index in [1.54, 1.807) is 0 Å². The average Bonchev–Trinajstić information content (AvgIpc) is 2.39. The molecule has 0 saturated heterocycles. The fourth-order valence-electron chi connectivity index (χ4n) is 3.09. The number of rotatable bonds is 1. The number of aryl methyl sites for hydroxylation is 1. The summed E-state index contributed by atoms with van der Waals surface area (Å²) in [6, 6.07) is 12.5. The fraction of sp³-hybridized carbons (Fsp3) is 0.429. The Balaban J connectivity index is 2.89. The molecule has 0 aliphatic carbocycles. The Morgan fingerprint density at radius 2 is 1.36 bits per heavy atom. The van der Waals surface area contributed by atoms with Crippen LogP contribution in [-0.2, 0) is 10.8 Å². The Morgan fingerprint density at radius 1 is 0.818 bits per heavy atom. The standard InChI is InChI=1S/C21H28O/c1-14-13-16(20(2,3)4)19(22)18(21(5,6)7)17(14)15-11-9-8-10-12-15/h8-13,22H,1-7H3. The van der Waals surface area contributed by atoms with Crippen molar-refractivity contribution in [2.75, 3.05) is 0 Å². The first-order valence-corrected chi connectivity index (χ1v) is 7.96. The molecule has 0 spiro atoms. The molecular formula is C21H28O. The van der Waals surface area contributed by atoms with E-state index in [4.69, 9.17) is 0 Å². The zero-order chi connectivity index (χ0) is 16.7. The molecule has 2 aromatic carbocycles. The van der Waals surface area contributed by atoms with Crippen molar-refractivity contribution in [3.05, 3.63) is 53.1 Å². The number of hydrogen-bond donors (Lipinski definition) is 1. The first kappa shape index (κ1) is 16.6. The predicted octanol–water partition coefficient (Wildman–Crippen LogP) is 5.96. The monoisotopic (exact) mass is 296 g/mol. The van der Waals surface area contributed by atoms with Crippen LogP contribution in [0.5, 0.6) is 5.75 Å². The van der Waals surface area contributed by atoms with Crippen LogP contribution in [0.4, 0.5) is 0 Å². The molecule has 0 aliphatic heterocycles. The van der Waals surface area contributed by atoms with Gasteiger partial charge in [-0.2, -0.15) is 0 Å². The van der Waals surface area contributed by atoms with Crippen molar-refractivity contribution in [3.8, 4) is 16.9 Å². The number of phenolic OH excluding ortho intramolecular Hbond substituents is 1. The molecule has 2 rings (SSSR count). The van der Waals surface area contributed by atoms with Crippen molar-refractivity contribution in [1.82, 2.24) is 0 Å². The summed E-state index contributed by atoms with van der Waals surface area (Å²) >= 11 is 0. The van der Waals surface area contributed by atoms with Gasteiger partial charge in [-0.05, 0) is 40.0 Å². The molecule has 118 valence electrons. The summed E-state index contributed by atoms with van der Waals surface area (Å²) in [5, 5.41) is 11.0. The largest absolute Gasteiger partial charge is 0.507 e. The molecule has 1 heteroatoms. The molecular weight excluding hydrogens is 268 g/mol. The van der Waals surface area contributed by atoms with E-state index < -0.39 is 0 Å². The van der Waals surface area contributed by atoms with E-state index in [0.29, 0.717) is 5.75 Å². The van der Waals surface area contributed by atoms with Crippen LogP contribution in [0.15, 0.2) is 36.4 Å². The van der Waals surface area contributed by atoms with Crippen LogP contribution in [0, 0.1) is 6.92 Å². The van der Waals surface area contributed by atoms with Gasteiger partial charge in [0.05, 0.1) is 0 Å². The van der Waals surface area contributed by atoms with E-state index in [1.807, 2.05) is 6.07 Å². The first-order valence-electron chi connectivity index (χ1n) is 7.96. The van der Waals surface area contributed by atoms with Crippen LogP contribution in [0.3, 0.4) is 0 Å². The lowest BCUT2D eigenvalue weighted by molar-refractivity contribution is 0.423. The quantitative estimate of drug-likeness (QED) is 0.688. The fourth-order valence-corrected chi connectivity index (χ4v) is 3.09. The zero-order valence-electron chi connectivity index (χ0n) is 14.9. The molecule has 0 heterocycles. The predicted molar refractivity (Wildman–Crippen MR) is 95.7 cm³/mol. The van der Waals surface area contributed by atoms with Crippen molar-refractivity contribution in [2.24, 2.45) is 0 Å². The normalized spacial score (nSPS) is 12.5. The third-order valence-corrected chi connectivity index (χ3v) is 4.12. The highest BCUT2D eigenvalue weighted by atomic mass is 16.3. The van der Waals surface area contributed by atoms with Gasteiger partial charge in [-0.25, -0.2) is 0 Å². The SMILES string of the molecule is Cc1cc(C(C)(C)C)c(O)c(C(C)(C)C)c1-c1ccccc1. The van der Waals surface area contributed by atoms with Crippen molar-refractivity contribution in [1.29, 1.82) is 0 Å². The Morgan fingerprint density at radius 3 is 1.82 bits per heavy atom. The van der Waals surface area contributed by atoms with Gasteiger partial charge in [-0.15, -0.1) is 0 Å². The second-order valence-corrected chi connectivity index (χ2v) is 8.21. The lowest BCUT2D eigenvalue weighted by atomic mass is 9.74. The molecule has 0 atom stereocenters. The van der Waals surface area contributed by atoms with Gasteiger partial charge in [-0.3, -0.25) is 0 Å². The summed E-state index contributed by atoms with van der Waals surface area (Å²) < 4.78 is 0. The van der Waals surface area contributed by atoms with E-state index in [1.165, 1.54) is 16.7 Å². The van der Waals surface area contributed by atoms with Crippen LogP contribution in [0.1, 0.15) is 58.2 Å². The van der Waals surface area contributed by atoms with E-state index in [-0.39, 0.29) is 10.8 Å². The van der Waals surface area contributed by atoms with Crippen LogP contribution in [0.25, 0.3) is 11.1 Å². The molecule has 0 radical (unpaired) electrons. The van der Waals surface area contributed by atoms with Crippen molar-refractivity contribution < 1.29 is 5.11 Å². The molecule has 1 nitrogen and oxygen atoms in total. The topological polar surface area (TPSA) is 20.2 Å². The van der Waals surface area contributed by atoms with Gasteiger partial charge in [0.2, 0.25) is 0 Å². The third kappa shape index (κ3) is 3.04. The van der Waals surface area contributed by atoms with E-state index >= 15 is 0 Å². The highest BCUT2D eigenvalue weighted by molar-refractivity contribution is 5.76. The van der Waals surface area contributed by atoms with Crippen LogP contribution in [-0.4, -0.2) is 5.11 Å². The van der Waals surface area contributed by atoms with Gasteiger partial charge in [-0.1, -0.05) is 77.9 Å². The van der Waals surface area contributed by atoms with Gasteiger partial charge < -0.3 is 5.11 Å². The van der Waals surface area contributed by atoms with Gasteiger partial charge in [0.15, 0.2) is 0 Å². The number of hydrogen-bond acceptors (Lipinski definition) is 1. The minimum absolute atomic E-state index is 0.0793. The first-order chi connectivity index (χ1) is 10.0. The van der Waals surface area contributed by atoms with Crippen LogP contribution < -0.4 is 0 Å². The number of aromatic hydroxyl groups is 1. The summed E-state index contributed by atoms with van der Waals surface area (Å²) in [6.45, 7) is 15.1. The molecule has 0 amide bonds. The molecule has 22 heavy (non-hydrogen) atoms. The Hall–Kier alpha value is -1.76. The third-order valence-electron chi connectivity index (χ3n) is 4.12. The van der Waals surface area contributed by atoms with Gasteiger partial charge >= 0.3 is 0 Å². The summed E-state index contributed by atoms with van der Waals surface area (Å²) in [6.07, 6.45) is 0. The summed E-state index contributed by atoms with van der Waals surface area (Å²) in [5.41, 5.74) is 5.42. The molecule has 0 saturated carbocycles. The molecule has 1 N–H and O–H groups in total. The smallest absolute Gasteiger partial charge is 0.123 e. The maximum atomic E-state index is 11.0. The average molecular weight is 296 g/mol. The zero-order valence-corrected chi connectivity index (χ0v) is 14.9. The summed E-state index contributed by atoms with van der Waals surface area (Å²) in [5.74, 6) is 0.449. The molecule has 0 fully saturated rings. The maximum Gasteiger partial charge on any atom is 0.123 e. The minimum atomic E-state index is -0.124. The molecule has 2 aromatic rings. The van der Waals surface area contributed by atoms with Crippen molar-refractivity contribution in [3.63, 3.8) is 0 Å². The maximum absolute atomic E-state index is 11.0. The minimum Gasteiger partial charge on any atom is -0.507 e. The number of benzene rings is 2. The van der Waals surface area contributed by atoms with Gasteiger partial charge in [0.25, 0.3) is 0 Å². The van der Waals surface area contributed by atoms with Crippen molar-refractivity contribution >= 4 is 0 Å². The lowest BCUT2D eigenvalue weighted by Gasteiger charge is -2.31. The van der Waals surface area contributed by atoms with Gasteiger partial charge in [0, 0.05) is 5.56 Å². The molecule has 0 bridgehead atoms. The molecule has 0 aromatic heterocycles. The highest BCUT2D eigenvalue weighted by Gasteiger charge is 2.29. The van der Waals surface area contributed by atoms with Crippen molar-refractivity contribution in [2.45, 2.75) is 59.3 Å². The number of phenols is 1. The Bertz CT molecular complexity index is 668.